The van der Waals surface area contributed by atoms with Crippen molar-refractivity contribution >= 4 is 27.4 Å². The van der Waals surface area contributed by atoms with Gasteiger partial charge in [0.25, 0.3) is 0 Å². The first-order valence-electron chi connectivity index (χ1n) is 8.03. The molecule has 0 unspecified atom stereocenters. The fraction of sp³-hybridized carbons (Fsp3) is 0.105. The number of rotatable bonds is 5. The minimum atomic E-state index is -3.92. The molecule has 0 atom stereocenters. The fourth-order valence-corrected chi connectivity index (χ4v) is 3.75. The SMILES string of the molecule is Cc1cccc(CS(=O)(=O)c2ncc(Cl)c(C(=O)Oc3ccc(F)cc3)n2)c1. The van der Waals surface area contributed by atoms with E-state index in [0.29, 0.717) is 5.56 Å². The second-order valence-electron chi connectivity index (χ2n) is 5.94. The third kappa shape index (κ3) is 4.71. The molecule has 0 aliphatic carbocycles. The van der Waals surface area contributed by atoms with E-state index >= 15 is 0 Å². The molecule has 28 heavy (non-hydrogen) atoms. The molecule has 0 spiro atoms. The van der Waals surface area contributed by atoms with E-state index in [1.54, 1.807) is 18.2 Å². The lowest BCUT2D eigenvalue weighted by atomic mass is 10.2. The van der Waals surface area contributed by atoms with Crippen LogP contribution in [0.1, 0.15) is 21.6 Å². The first kappa shape index (κ1) is 19.9. The van der Waals surface area contributed by atoms with Crippen LogP contribution in [-0.2, 0) is 15.6 Å². The zero-order valence-corrected chi connectivity index (χ0v) is 16.2. The number of hydrogen-bond acceptors (Lipinski definition) is 6. The van der Waals surface area contributed by atoms with Gasteiger partial charge in [-0.2, -0.15) is 0 Å². The van der Waals surface area contributed by atoms with Crippen LogP contribution >= 0.6 is 11.6 Å². The fourth-order valence-electron chi connectivity index (χ4n) is 2.39. The average Bonchev–Trinajstić information content (AvgIpc) is 2.63. The van der Waals surface area contributed by atoms with Crippen LogP contribution in [0.25, 0.3) is 0 Å². The van der Waals surface area contributed by atoms with E-state index in [4.69, 9.17) is 16.3 Å². The van der Waals surface area contributed by atoms with Crippen molar-refractivity contribution in [3.05, 3.63) is 82.4 Å². The van der Waals surface area contributed by atoms with Crippen LogP contribution in [0.3, 0.4) is 0 Å². The molecule has 0 aliphatic rings. The summed E-state index contributed by atoms with van der Waals surface area (Å²) in [6.07, 6.45) is 1.03. The molecule has 3 rings (SSSR count). The van der Waals surface area contributed by atoms with Crippen LogP contribution in [-0.4, -0.2) is 24.4 Å². The standard InChI is InChI=1S/C19H14ClFN2O4S/c1-12-3-2-4-13(9-12)11-28(25,26)19-22-10-16(20)17(23-19)18(24)27-15-7-5-14(21)6-8-15/h2-10H,11H2,1H3. The van der Waals surface area contributed by atoms with Crippen LogP contribution in [0, 0.1) is 12.7 Å². The highest BCUT2D eigenvalue weighted by Gasteiger charge is 2.24. The summed E-state index contributed by atoms with van der Waals surface area (Å²) in [6.45, 7) is 1.85. The van der Waals surface area contributed by atoms with Gasteiger partial charge in [-0.15, -0.1) is 0 Å². The van der Waals surface area contributed by atoms with E-state index < -0.39 is 32.5 Å². The monoisotopic (exact) mass is 420 g/mol. The van der Waals surface area contributed by atoms with E-state index in [-0.39, 0.29) is 16.5 Å². The van der Waals surface area contributed by atoms with E-state index in [1.807, 2.05) is 13.0 Å². The summed E-state index contributed by atoms with van der Waals surface area (Å²) in [5.41, 5.74) is 1.08. The van der Waals surface area contributed by atoms with Gasteiger partial charge in [-0.1, -0.05) is 41.4 Å². The number of benzene rings is 2. The number of ether oxygens (including phenoxy) is 1. The number of carbonyl (C=O) groups excluding carboxylic acids is 1. The van der Waals surface area contributed by atoms with Crippen molar-refractivity contribution < 1.29 is 22.3 Å². The maximum Gasteiger partial charge on any atom is 0.364 e. The minimum absolute atomic E-state index is 0.0604. The molecule has 1 heterocycles. The molecule has 0 amide bonds. The topological polar surface area (TPSA) is 86.2 Å². The molecule has 6 nitrogen and oxygen atoms in total. The van der Waals surface area contributed by atoms with Gasteiger partial charge in [-0.05, 0) is 36.8 Å². The second kappa shape index (κ2) is 8.04. The number of aryl methyl sites for hydroxylation is 1. The Morgan fingerprint density at radius 1 is 1.18 bits per heavy atom. The van der Waals surface area contributed by atoms with Crippen LogP contribution in [0.15, 0.2) is 59.9 Å². The van der Waals surface area contributed by atoms with Gasteiger partial charge >= 0.3 is 5.97 Å². The Bertz CT molecular complexity index is 1130. The van der Waals surface area contributed by atoms with E-state index in [2.05, 4.69) is 9.97 Å². The van der Waals surface area contributed by atoms with Crippen molar-refractivity contribution in [3.8, 4) is 5.75 Å². The molecule has 9 heteroatoms. The third-order valence-electron chi connectivity index (χ3n) is 3.66. The Labute approximate surface area is 165 Å². The lowest BCUT2D eigenvalue weighted by Crippen LogP contribution is -2.16. The Hall–Kier alpha value is -2.84. The van der Waals surface area contributed by atoms with Crippen LogP contribution in [0.2, 0.25) is 5.02 Å². The molecule has 0 radical (unpaired) electrons. The number of carbonyl (C=O) groups is 1. The second-order valence-corrected chi connectivity index (χ2v) is 8.23. The molecular weight excluding hydrogens is 407 g/mol. The van der Waals surface area contributed by atoms with Gasteiger partial charge in [0.2, 0.25) is 15.0 Å². The summed E-state index contributed by atoms with van der Waals surface area (Å²) in [4.78, 5) is 19.9. The summed E-state index contributed by atoms with van der Waals surface area (Å²) in [5, 5.41) is -0.703. The van der Waals surface area contributed by atoms with Crippen molar-refractivity contribution in [1.82, 2.24) is 9.97 Å². The largest absolute Gasteiger partial charge is 0.422 e. The van der Waals surface area contributed by atoms with Gasteiger partial charge in [0, 0.05) is 0 Å². The summed E-state index contributed by atoms with van der Waals surface area (Å²) < 4.78 is 43.3. The predicted molar refractivity (Wildman–Crippen MR) is 100 cm³/mol. The lowest BCUT2D eigenvalue weighted by Gasteiger charge is -2.08. The van der Waals surface area contributed by atoms with E-state index in [0.717, 1.165) is 23.9 Å². The summed E-state index contributed by atoms with van der Waals surface area (Å²) >= 11 is 5.93. The summed E-state index contributed by atoms with van der Waals surface area (Å²) in [5.74, 6) is -1.75. The first-order chi connectivity index (χ1) is 13.2. The molecule has 0 fully saturated rings. The van der Waals surface area contributed by atoms with Crippen molar-refractivity contribution in [3.63, 3.8) is 0 Å². The molecule has 0 N–H and O–H groups in total. The highest BCUT2D eigenvalue weighted by Crippen LogP contribution is 2.20. The number of aromatic nitrogens is 2. The van der Waals surface area contributed by atoms with Gasteiger partial charge in [-0.3, -0.25) is 0 Å². The molecule has 0 aliphatic heterocycles. The van der Waals surface area contributed by atoms with Crippen molar-refractivity contribution in [1.29, 1.82) is 0 Å². The van der Waals surface area contributed by atoms with Gasteiger partial charge in [-0.25, -0.2) is 27.6 Å². The number of hydrogen-bond donors (Lipinski definition) is 0. The Kier molecular flexibility index (Phi) is 5.71. The first-order valence-corrected chi connectivity index (χ1v) is 10.1. The van der Waals surface area contributed by atoms with Crippen molar-refractivity contribution in [2.24, 2.45) is 0 Å². The third-order valence-corrected chi connectivity index (χ3v) is 5.40. The lowest BCUT2D eigenvalue weighted by molar-refractivity contribution is 0.0727. The van der Waals surface area contributed by atoms with Crippen LogP contribution in [0.4, 0.5) is 4.39 Å². The van der Waals surface area contributed by atoms with Crippen LogP contribution in [0.5, 0.6) is 5.75 Å². The Morgan fingerprint density at radius 3 is 2.57 bits per heavy atom. The maximum atomic E-state index is 13.0. The molecule has 0 saturated carbocycles. The summed E-state index contributed by atoms with van der Waals surface area (Å²) in [7, 11) is -3.92. The molecule has 0 bridgehead atoms. The van der Waals surface area contributed by atoms with Crippen LogP contribution < -0.4 is 4.74 Å². The molecule has 144 valence electrons. The normalized spacial score (nSPS) is 11.2. The number of halogens is 2. The van der Waals surface area contributed by atoms with Gasteiger partial charge in [0.15, 0.2) is 5.69 Å². The van der Waals surface area contributed by atoms with Crippen molar-refractivity contribution in [2.45, 2.75) is 17.8 Å². The molecule has 1 aromatic heterocycles. The molecule has 0 saturated heterocycles. The number of sulfone groups is 1. The van der Waals surface area contributed by atoms with Gasteiger partial charge in [0.05, 0.1) is 17.0 Å². The minimum Gasteiger partial charge on any atom is -0.422 e. The highest BCUT2D eigenvalue weighted by molar-refractivity contribution is 7.90. The van der Waals surface area contributed by atoms with Gasteiger partial charge < -0.3 is 4.74 Å². The zero-order chi connectivity index (χ0) is 20.3. The zero-order valence-electron chi connectivity index (χ0n) is 14.6. The smallest absolute Gasteiger partial charge is 0.364 e. The summed E-state index contributed by atoms with van der Waals surface area (Å²) in [6, 6.07) is 11.7. The number of esters is 1. The Morgan fingerprint density at radius 2 is 1.89 bits per heavy atom. The molecule has 2 aromatic carbocycles. The predicted octanol–water partition coefficient (Wildman–Crippen LogP) is 3.77. The van der Waals surface area contributed by atoms with E-state index in [1.165, 1.54) is 12.1 Å². The maximum absolute atomic E-state index is 13.0. The number of nitrogens with zero attached hydrogens (tertiary/aromatic N) is 2. The molecule has 3 aromatic rings. The van der Waals surface area contributed by atoms with Crippen molar-refractivity contribution in [2.75, 3.05) is 0 Å². The average molecular weight is 421 g/mol. The van der Waals surface area contributed by atoms with Gasteiger partial charge in [0.1, 0.15) is 11.6 Å². The Balaban J connectivity index is 1.87. The quantitative estimate of drug-likeness (QED) is 0.355. The molecular formula is C19H14ClFN2O4S. The van der Waals surface area contributed by atoms with E-state index in [9.17, 15) is 17.6 Å². The highest BCUT2D eigenvalue weighted by atomic mass is 35.5.